The van der Waals surface area contributed by atoms with Crippen molar-refractivity contribution in [1.82, 2.24) is 14.9 Å². The Balaban J connectivity index is 1.80. The van der Waals surface area contributed by atoms with E-state index in [4.69, 9.17) is 16.2 Å². The molecule has 0 atom stereocenters. The number of nitriles is 1. The Bertz CT molecular complexity index is 1100. The van der Waals surface area contributed by atoms with Crippen molar-refractivity contribution < 1.29 is 14.3 Å². The Kier molecular flexibility index (Phi) is 4.69. The van der Waals surface area contributed by atoms with Crippen molar-refractivity contribution in [3.63, 3.8) is 0 Å². The maximum absolute atomic E-state index is 12.3. The summed E-state index contributed by atoms with van der Waals surface area (Å²) in [4.78, 5) is 38.0. The molecule has 156 valence electrons. The van der Waals surface area contributed by atoms with Crippen LogP contribution in [0.1, 0.15) is 18.1 Å². The number of carbonyl (C=O) groups excluding carboxylic acids is 2. The Morgan fingerprint density at radius 2 is 1.77 bits per heavy atom. The van der Waals surface area contributed by atoms with Gasteiger partial charge in [-0.05, 0) is 6.92 Å². The van der Waals surface area contributed by atoms with Gasteiger partial charge in [-0.3, -0.25) is 9.69 Å². The molecule has 0 spiro atoms. The Labute approximate surface area is 172 Å². The maximum Gasteiger partial charge on any atom is 0.409 e. The van der Waals surface area contributed by atoms with E-state index in [1.807, 2.05) is 4.90 Å². The van der Waals surface area contributed by atoms with Crippen LogP contribution in [0.5, 0.6) is 0 Å². The van der Waals surface area contributed by atoms with Crippen molar-refractivity contribution in [3.8, 4) is 6.07 Å². The van der Waals surface area contributed by atoms with Gasteiger partial charge in [0.1, 0.15) is 34.9 Å². The molecule has 11 nitrogen and oxygen atoms in total. The summed E-state index contributed by atoms with van der Waals surface area (Å²) >= 11 is 0. The minimum absolute atomic E-state index is 0.115. The predicted molar refractivity (Wildman–Crippen MR) is 111 cm³/mol. The number of carbonyl (C=O) groups is 2. The van der Waals surface area contributed by atoms with Gasteiger partial charge in [0.2, 0.25) is 5.91 Å². The zero-order valence-corrected chi connectivity index (χ0v) is 16.8. The van der Waals surface area contributed by atoms with Gasteiger partial charge in [-0.25, -0.2) is 14.8 Å². The third-order valence-electron chi connectivity index (χ3n) is 5.50. The van der Waals surface area contributed by atoms with E-state index in [0.717, 1.165) is 0 Å². The standard InChI is InChI=1S/C19H22N8O3/c1-3-30-19(29)27-6-4-26(5-7-27)18-11(9-20)13-10-8-12(28)25(2)17(10)23-15(21)14(13)16(22)24-18/h3-8H2,1-2H3,(H2,21,23)(H2,22,24). The van der Waals surface area contributed by atoms with Gasteiger partial charge in [-0.1, -0.05) is 0 Å². The molecule has 0 aliphatic carbocycles. The quantitative estimate of drug-likeness (QED) is 0.718. The molecule has 4 heterocycles. The van der Waals surface area contributed by atoms with Crippen LogP contribution in [0.15, 0.2) is 0 Å². The number of hydrogen-bond donors (Lipinski definition) is 2. The van der Waals surface area contributed by atoms with Gasteiger partial charge in [0.15, 0.2) is 0 Å². The first-order valence-electron chi connectivity index (χ1n) is 9.62. The third kappa shape index (κ3) is 2.88. The van der Waals surface area contributed by atoms with Crippen molar-refractivity contribution in [2.24, 2.45) is 0 Å². The van der Waals surface area contributed by atoms with Crippen molar-refractivity contribution in [3.05, 3.63) is 11.1 Å². The topological polar surface area (TPSA) is 155 Å². The van der Waals surface area contributed by atoms with Crippen LogP contribution >= 0.6 is 0 Å². The average Bonchev–Trinajstić information content (AvgIpc) is 3.02. The van der Waals surface area contributed by atoms with Gasteiger partial charge in [-0.15, -0.1) is 0 Å². The van der Waals surface area contributed by atoms with E-state index in [2.05, 4.69) is 16.0 Å². The van der Waals surface area contributed by atoms with E-state index in [1.54, 1.807) is 18.9 Å². The molecule has 2 aliphatic heterocycles. The second kappa shape index (κ2) is 7.22. The number of anilines is 4. The lowest BCUT2D eigenvalue weighted by Gasteiger charge is -2.35. The molecule has 0 unspecified atom stereocenters. The van der Waals surface area contributed by atoms with E-state index < -0.39 is 0 Å². The average molecular weight is 410 g/mol. The van der Waals surface area contributed by atoms with Crippen LogP contribution in [-0.2, 0) is 16.0 Å². The number of nitrogens with zero attached hydrogens (tertiary/aromatic N) is 6. The number of pyridine rings is 2. The highest BCUT2D eigenvalue weighted by molar-refractivity contribution is 6.13. The zero-order chi connectivity index (χ0) is 21.6. The highest BCUT2D eigenvalue weighted by Gasteiger charge is 2.33. The van der Waals surface area contributed by atoms with Crippen LogP contribution < -0.4 is 21.3 Å². The van der Waals surface area contributed by atoms with Crippen molar-refractivity contribution in [2.45, 2.75) is 13.3 Å². The molecule has 2 aromatic heterocycles. The minimum atomic E-state index is -0.359. The summed E-state index contributed by atoms with van der Waals surface area (Å²) in [5.41, 5.74) is 13.3. The van der Waals surface area contributed by atoms with Gasteiger partial charge in [0.05, 0.1) is 18.4 Å². The summed E-state index contributed by atoms with van der Waals surface area (Å²) in [5, 5.41) is 10.9. The molecule has 2 aromatic rings. The smallest absolute Gasteiger partial charge is 0.409 e. The molecule has 1 fully saturated rings. The number of ether oxygens (including phenoxy) is 1. The third-order valence-corrected chi connectivity index (χ3v) is 5.50. The van der Waals surface area contributed by atoms with E-state index in [0.29, 0.717) is 66.3 Å². The van der Waals surface area contributed by atoms with Gasteiger partial charge in [0, 0.05) is 44.2 Å². The van der Waals surface area contributed by atoms with E-state index in [1.165, 1.54) is 4.90 Å². The van der Waals surface area contributed by atoms with Crippen molar-refractivity contribution >= 4 is 46.0 Å². The van der Waals surface area contributed by atoms with Gasteiger partial charge >= 0.3 is 6.09 Å². The van der Waals surface area contributed by atoms with E-state index >= 15 is 0 Å². The summed E-state index contributed by atoms with van der Waals surface area (Å²) in [6.45, 7) is 3.87. The predicted octanol–water partition coefficient (Wildman–Crippen LogP) is 0.463. The van der Waals surface area contributed by atoms with E-state index in [-0.39, 0.29) is 30.1 Å². The normalized spacial score (nSPS) is 16.0. The van der Waals surface area contributed by atoms with Gasteiger partial charge < -0.3 is 26.0 Å². The molecule has 1 saturated heterocycles. The summed E-state index contributed by atoms with van der Waals surface area (Å²) in [7, 11) is 1.62. The Hall–Kier alpha value is -3.81. The second-order valence-corrected chi connectivity index (χ2v) is 7.16. The number of nitrogens with two attached hydrogens (primary N) is 2. The first kappa shape index (κ1) is 19.5. The fourth-order valence-electron chi connectivity index (χ4n) is 3.98. The molecule has 30 heavy (non-hydrogen) atoms. The lowest BCUT2D eigenvalue weighted by Crippen LogP contribution is -2.49. The fraction of sp³-hybridized carbons (Fsp3) is 0.421. The number of amides is 2. The molecule has 0 aromatic carbocycles. The van der Waals surface area contributed by atoms with Crippen LogP contribution in [0.3, 0.4) is 0 Å². The summed E-state index contributed by atoms with van der Waals surface area (Å²) < 4.78 is 5.05. The van der Waals surface area contributed by atoms with Crippen molar-refractivity contribution in [1.29, 1.82) is 5.26 Å². The van der Waals surface area contributed by atoms with Crippen LogP contribution in [0, 0.1) is 11.3 Å². The molecule has 0 radical (unpaired) electrons. The zero-order valence-electron chi connectivity index (χ0n) is 16.8. The van der Waals surface area contributed by atoms with Crippen LogP contribution in [0.25, 0.3) is 10.8 Å². The second-order valence-electron chi connectivity index (χ2n) is 7.16. The molecule has 2 amide bonds. The molecular formula is C19H22N8O3. The largest absolute Gasteiger partial charge is 0.450 e. The van der Waals surface area contributed by atoms with Crippen molar-refractivity contribution in [2.75, 3.05) is 61.1 Å². The first-order valence-corrected chi connectivity index (χ1v) is 9.62. The summed E-state index contributed by atoms with van der Waals surface area (Å²) in [6, 6.07) is 2.23. The summed E-state index contributed by atoms with van der Waals surface area (Å²) in [5.74, 6) is 1.01. The highest BCUT2D eigenvalue weighted by Crippen LogP contribution is 2.41. The van der Waals surface area contributed by atoms with Crippen LogP contribution in [0.2, 0.25) is 0 Å². The maximum atomic E-state index is 12.3. The van der Waals surface area contributed by atoms with Gasteiger partial charge in [0.25, 0.3) is 0 Å². The molecule has 11 heteroatoms. The number of likely N-dealkylation sites (N-methyl/N-ethyl adjacent to an activating group) is 1. The van der Waals surface area contributed by atoms with Gasteiger partial charge in [-0.2, -0.15) is 5.26 Å². The molecule has 0 saturated carbocycles. The SMILES string of the molecule is CCOC(=O)N1CCN(c2nc(N)c3c(N)nc4c(c3c2C#N)CC(=O)N4C)CC1. The summed E-state index contributed by atoms with van der Waals surface area (Å²) in [6.07, 6.45) is -0.244. The lowest BCUT2D eigenvalue weighted by molar-refractivity contribution is -0.117. The number of piperazine rings is 1. The monoisotopic (exact) mass is 410 g/mol. The molecular weight excluding hydrogens is 388 g/mol. The minimum Gasteiger partial charge on any atom is -0.450 e. The van der Waals surface area contributed by atoms with E-state index in [9.17, 15) is 14.9 Å². The molecule has 2 aliphatic rings. The molecule has 0 bridgehead atoms. The van der Waals surface area contributed by atoms with Crippen LogP contribution in [0.4, 0.5) is 28.1 Å². The Morgan fingerprint density at radius 3 is 2.37 bits per heavy atom. The first-order chi connectivity index (χ1) is 14.4. The number of nitrogen functional groups attached to an aromatic ring is 2. The lowest BCUT2D eigenvalue weighted by atomic mass is 10.00. The highest BCUT2D eigenvalue weighted by atomic mass is 16.6. The van der Waals surface area contributed by atoms with Crippen LogP contribution in [-0.4, -0.2) is 66.7 Å². The Morgan fingerprint density at radius 1 is 1.13 bits per heavy atom. The number of aromatic nitrogens is 2. The number of hydrogen-bond acceptors (Lipinski definition) is 9. The molecule has 4 rings (SSSR count). The molecule has 4 N–H and O–H groups in total. The fourth-order valence-corrected chi connectivity index (χ4v) is 3.98. The number of fused-ring (bicyclic) bond motifs is 3. The number of rotatable bonds is 2.